The number of carbonyl (C=O) groups is 1. The van der Waals surface area contributed by atoms with Crippen molar-refractivity contribution in [3.05, 3.63) is 0 Å². The highest BCUT2D eigenvalue weighted by Gasteiger charge is 2.16. The summed E-state index contributed by atoms with van der Waals surface area (Å²) in [5.41, 5.74) is 0. The predicted octanol–water partition coefficient (Wildman–Crippen LogP) is 2.40. The van der Waals surface area contributed by atoms with Crippen LogP contribution in [0.25, 0.3) is 0 Å². The normalized spacial score (nSPS) is 12.7. The summed E-state index contributed by atoms with van der Waals surface area (Å²) in [5.74, 6) is 0.190. The number of hydrogen-bond acceptors (Lipinski definition) is 3. The Balaban J connectivity index is 3.57. The molecule has 3 nitrogen and oxygen atoms in total. The fourth-order valence-electron chi connectivity index (χ4n) is 1.10. The highest BCUT2D eigenvalue weighted by molar-refractivity contribution is 8.00. The van der Waals surface area contributed by atoms with Gasteiger partial charge in [0.25, 0.3) is 0 Å². The molecule has 0 radical (unpaired) electrons. The van der Waals surface area contributed by atoms with E-state index in [1.807, 2.05) is 0 Å². The second kappa shape index (κ2) is 9.34. The number of methoxy groups -OCH3 is 1. The number of rotatable bonds is 9. The van der Waals surface area contributed by atoms with Crippen LogP contribution in [0.3, 0.4) is 0 Å². The van der Waals surface area contributed by atoms with Gasteiger partial charge in [0.15, 0.2) is 0 Å². The Bertz CT molecular complexity index is 150. The van der Waals surface area contributed by atoms with Gasteiger partial charge in [-0.25, -0.2) is 0 Å². The molecule has 0 rings (SSSR count). The van der Waals surface area contributed by atoms with E-state index in [2.05, 4.69) is 6.92 Å². The van der Waals surface area contributed by atoms with Crippen LogP contribution in [0.15, 0.2) is 0 Å². The lowest BCUT2D eigenvalue weighted by Crippen LogP contribution is -2.17. The predicted molar refractivity (Wildman–Crippen MR) is 59.9 cm³/mol. The van der Waals surface area contributed by atoms with Gasteiger partial charge in [-0.15, -0.1) is 11.8 Å². The van der Waals surface area contributed by atoms with E-state index >= 15 is 0 Å². The van der Waals surface area contributed by atoms with Crippen LogP contribution in [-0.2, 0) is 9.53 Å². The van der Waals surface area contributed by atoms with Gasteiger partial charge in [0.1, 0.15) is 5.25 Å². The lowest BCUT2D eigenvalue weighted by molar-refractivity contribution is -0.136. The van der Waals surface area contributed by atoms with Crippen molar-refractivity contribution in [3.63, 3.8) is 0 Å². The average Bonchev–Trinajstić information content (AvgIpc) is 2.16. The number of carboxylic acids is 1. The largest absolute Gasteiger partial charge is 0.480 e. The van der Waals surface area contributed by atoms with Crippen molar-refractivity contribution in [3.8, 4) is 0 Å². The van der Waals surface area contributed by atoms with Crippen molar-refractivity contribution in [2.75, 3.05) is 19.5 Å². The van der Waals surface area contributed by atoms with Crippen LogP contribution in [0.5, 0.6) is 0 Å². The molecule has 0 aromatic carbocycles. The van der Waals surface area contributed by atoms with E-state index in [0.717, 1.165) is 31.4 Å². The Hall–Kier alpha value is -0.220. The Morgan fingerprint density at radius 1 is 1.50 bits per heavy atom. The first-order chi connectivity index (χ1) is 6.72. The van der Waals surface area contributed by atoms with Crippen LogP contribution < -0.4 is 0 Å². The van der Waals surface area contributed by atoms with Gasteiger partial charge in [-0.1, -0.05) is 19.8 Å². The molecule has 1 N–H and O–H groups in total. The van der Waals surface area contributed by atoms with E-state index in [1.54, 1.807) is 7.11 Å². The molecule has 84 valence electrons. The molecule has 0 saturated heterocycles. The first kappa shape index (κ1) is 13.8. The first-order valence-corrected chi connectivity index (χ1v) is 6.10. The lowest BCUT2D eigenvalue weighted by Gasteiger charge is -2.10. The maximum Gasteiger partial charge on any atom is 0.316 e. The summed E-state index contributed by atoms with van der Waals surface area (Å²) >= 11 is 1.53. The molecule has 1 atom stereocenters. The maximum absolute atomic E-state index is 10.8. The topological polar surface area (TPSA) is 46.5 Å². The summed E-state index contributed by atoms with van der Waals surface area (Å²) in [6, 6.07) is 0. The van der Waals surface area contributed by atoms with E-state index < -0.39 is 5.97 Å². The number of aliphatic carboxylic acids is 1. The molecular formula is C10H20O3S. The van der Waals surface area contributed by atoms with Gasteiger partial charge < -0.3 is 9.84 Å². The summed E-state index contributed by atoms with van der Waals surface area (Å²) in [4.78, 5) is 10.8. The highest BCUT2D eigenvalue weighted by Crippen LogP contribution is 2.18. The smallest absolute Gasteiger partial charge is 0.316 e. The number of hydrogen-bond donors (Lipinski definition) is 1. The second-order valence-corrected chi connectivity index (χ2v) is 4.50. The van der Waals surface area contributed by atoms with Crippen LogP contribution in [-0.4, -0.2) is 35.8 Å². The molecule has 0 aliphatic carbocycles. The Morgan fingerprint density at radius 2 is 2.21 bits per heavy atom. The standard InChI is InChI=1S/C10H20O3S/c1-3-4-6-9(10(11)12)14-8-5-7-13-2/h9H,3-8H2,1-2H3,(H,11,12). The molecule has 1 unspecified atom stereocenters. The van der Waals surface area contributed by atoms with Gasteiger partial charge in [-0.2, -0.15) is 0 Å². The zero-order chi connectivity index (χ0) is 10.8. The van der Waals surface area contributed by atoms with Crippen LogP contribution in [0, 0.1) is 0 Å². The quantitative estimate of drug-likeness (QED) is 0.606. The molecule has 0 amide bonds. The molecule has 0 spiro atoms. The van der Waals surface area contributed by atoms with Crippen molar-refractivity contribution in [2.24, 2.45) is 0 Å². The van der Waals surface area contributed by atoms with Crippen molar-refractivity contribution in [2.45, 2.75) is 37.9 Å². The van der Waals surface area contributed by atoms with Gasteiger partial charge in [-0.3, -0.25) is 4.79 Å². The molecule has 0 aliphatic rings. The molecule has 0 aliphatic heterocycles. The molecule has 0 bridgehead atoms. The SMILES string of the molecule is CCCCC(SCCCOC)C(=O)O. The Morgan fingerprint density at radius 3 is 2.71 bits per heavy atom. The minimum atomic E-state index is -0.680. The first-order valence-electron chi connectivity index (χ1n) is 5.05. The third kappa shape index (κ3) is 7.21. The van der Waals surface area contributed by atoms with E-state index in [-0.39, 0.29) is 5.25 Å². The van der Waals surface area contributed by atoms with Gasteiger partial charge >= 0.3 is 5.97 Å². The zero-order valence-electron chi connectivity index (χ0n) is 8.99. The van der Waals surface area contributed by atoms with Gasteiger partial charge in [0.2, 0.25) is 0 Å². The highest BCUT2D eigenvalue weighted by atomic mass is 32.2. The number of carboxylic acid groups (broad SMARTS) is 1. The number of unbranched alkanes of at least 4 members (excludes halogenated alkanes) is 1. The monoisotopic (exact) mass is 220 g/mol. The summed E-state index contributed by atoms with van der Waals surface area (Å²) in [6.45, 7) is 2.79. The van der Waals surface area contributed by atoms with E-state index in [9.17, 15) is 4.79 Å². The second-order valence-electron chi connectivity index (χ2n) is 3.19. The minimum absolute atomic E-state index is 0.230. The third-order valence-electron chi connectivity index (χ3n) is 1.91. The average molecular weight is 220 g/mol. The lowest BCUT2D eigenvalue weighted by atomic mass is 10.2. The summed E-state index contributed by atoms with van der Waals surface area (Å²) < 4.78 is 4.90. The molecule has 0 saturated carbocycles. The summed E-state index contributed by atoms with van der Waals surface area (Å²) in [5, 5.41) is 8.67. The van der Waals surface area contributed by atoms with Crippen molar-refractivity contribution < 1.29 is 14.6 Å². The van der Waals surface area contributed by atoms with Crippen molar-refractivity contribution in [1.29, 1.82) is 0 Å². The van der Waals surface area contributed by atoms with Crippen molar-refractivity contribution in [1.82, 2.24) is 0 Å². The molecule has 0 fully saturated rings. The molecule has 0 heterocycles. The number of ether oxygens (including phenoxy) is 1. The molecule has 14 heavy (non-hydrogen) atoms. The van der Waals surface area contributed by atoms with Crippen LogP contribution in [0.2, 0.25) is 0 Å². The maximum atomic E-state index is 10.8. The fraction of sp³-hybridized carbons (Fsp3) is 0.900. The van der Waals surface area contributed by atoms with E-state index in [0.29, 0.717) is 6.61 Å². The molecule has 0 aromatic heterocycles. The van der Waals surface area contributed by atoms with E-state index in [4.69, 9.17) is 9.84 Å². The van der Waals surface area contributed by atoms with Gasteiger partial charge in [0.05, 0.1) is 0 Å². The zero-order valence-corrected chi connectivity index (χ0v) is 9.81. The Labute approximate surface area is 90.2 Å². The van der Waals surface area contributed by atoms with Crippen LogP contribution >= 0.6 is 11.8 Å². The van der Waals surface area contributed by atoms with Gasteiger partial charge in [-0.05, 0) is 18.6 Å². The summed E-state index contributed by atoms with van der Waals surface area (Å²) in [7, 11) is 1.66. The molecule has 4 heteroatoms. The van der Waals surface area contributed by atoms with Crippen molar-refractivity contribution >= 4 is 17.7 Å². The fourth-order valence-corrected chi connectivity index (χ4v) is 2.14. The Kier molecular flexibility index (Phi) is 9.19. The number of thioether (sulfide) groups is 1. The minimum Gasteiger partial charge on any atom is -0.480 e. The third-order valence-corrected chi connectivity index (χ3v) is 3.27. The van der Waals surface area contributed by atoms with Crippen LogP contribution in [0.1, 0.15) is 32.6 Å². The summed E-state index contributed by atoms with van der Waals surface area (Å²) in [6.07, 6.45) is 3.76. The molecule has 0 aromatic rings. The van der Waals surface area contributed by atoms with Gasteiger partial charge in [0, 0.05) is 13.7 Å². The van der Waals surface area contributed by atoms with E-state index in [1.165, 1.54) is 11.8 Å². The molecular weight excluding hydrogens is 200 g/mol. The van der Waals surface area contributed by atoms with Crippen LogP contribution in [0.4, 0.5) is 0 Å².